The summed E-state index contributed by atoms with van der Waals surface area (Å²) in [5, 5.41) is 8.93. The summed E-state index contributed by atoms with van der Waals surface area (Å²) in [4.78, 5) is 7.76. The van der Waals surface area contributed by atoms with Crippen molar-refractivity contribution in [1.82, 2.24) is 9.97 Å². The fraction of sp³-hybridized carbons (Fsp3) is 0.533. The average molecular weight is 261 g/mol. The minimum absolute atomic E-state index is 0.0757. The van der Waals surface area contributed by atoms with Gasteiger partial charge in [0.15, 0.2) is 0 Å². The molecule has 0 saturated carbocycles. The molecule has 0 saturated heterocycles. The topological polar surface area (TPSA) is 74.9 Å². The minimum atomic E-state index is -0.236. The lowest BCUT2D eigenvalue weighted by molar-refractivity contribution is 0.275. The number of benzene rings is 1. The van der Waals surface area contributed by atoms with Crippen LogP contribution in [0.25, 0.3) is 11.0 Å². The molecule has 0 aliphatic rings. The highest BCUT2D eigenvalue weighted by Crippen LogP contribution is 2.29. The maximum Gasteiger partial charge on any atom is 0.124 e. The van der Waals surface area contributed by atoms with E-state index in [0.29, 0.717) is 6.42 Å². The van der Waals surface area contributed by atoms with Crippen LogP contribution in [0, 0.1) is 0 Å². The highest BCUT2D eigenvalue weighted by atomic mass is 16.3. The van der Waals surface area contributed by atoms with Crippen LogP contribution in [0.5, 0.6) is 0 Å². The van der Waals surface area contributed by atoms with Crippen molar-refractivity contribution in [3.63, 3.8) is 0 Å². The van der Waals surface area contributed by atoms with Crippen molar-refractivity contribution in [3.05, 3.63) is 29.6 Å². The molecule has 2 rings (SSSR count). The number of aliphatic hydroxyl groups excluding tert-OH is 1. The molecular weight excluding hydrogens is 238 g/mol. The van der Waals surface area contributed by atoms with Gasteiger partial charge in [-0.1, -0.05) is 26.8 Å². The molecule has 0 amide bonds. The van der Waals surface area contributed by atoms with Crippen molar-refractivity contribution in [2.45, 2.75) is 45.1 Å². The second-order valence-electron chi connectivity index (χ2n) is 5.71. The molecule has 1 aromatic heterocycles. The Morgan fingerprint density at radius 2 is 2.16 bits per heavy atom. The van der Waals surface area contributed by atoms with Crippen molar-refractivity contribution in [3.8, 4) is 0 Å². The molecule has 4 heteroatoms. The zero-order valence-electron chi connectivity index (χ0n) is 11.9. The Morgan fingerprint density at radius 1 is 1.42 bits per heavy atom. The molecule has 0 spiro atoms. The minimum Gasteiger partial charge on any atom is -0.396 e. The fourth-order valence-corrected chi connectivity index (χ4v) is 2.11. The number of H-pyrrole nitrogens is 1. The van der Waals surface area contributed by atoms with Gasteiger partial charge in [-0.3, -0.25) is 0 Å². The Labute approximate surface area is 114 Å². The molecule has 4 nitrogen and oxygen atoms in total. The molecule has 1 unspecified atom stereocenters. The van der Waals surface area contributed by atoms with E-state index in [-0.39, 0.29) is 18.1 Å². The summed E-state index contributed by atoms with van der Waals surface area (Å²) in [6.07, 6.45) is 1.61. The second-order valence-corrected chi connectivity index (χ2v) is 5.71. The molecule has 104 valence electrons. The second kappa shape index (κ2) is 5.31. The van der Waals surface area contributed by atoms with E-state index in [1.54, 1.807) is 0 Å². The number of aromatic amines is 1. The molecule has 1 atom stereocenters. The Hall–Kier alpha value is -1.39. The Kier molecular flexibility index (Phi) is 3.92. The van der Waals surface area contributed by atoms with Crippen molar-refractivity contribution in [2.24, 2.45) is 5.73 Å². The zero-order chi connectivity index (χ0) is 14.0. The number of imidazole rings is 1. The molecule has 0 radical (unpaired) electrons. The molecule has 0 bridgehead atoms. The summed E-state index contributed by atoms with van der Waals surface area (Å²) in [5.74, 6) is 0.746. The van der Waals surface area contributed by atoms with Crippen LogP contribution in [0.4, 0.5) is 0 Å². The van der Waals surface area contributed by atoms with Crippen molar-refractivity contribution < 1.29 is 5.11 Å². The highest BCUT2D eigenvalue weighted by Gasteiger charge is 2.19. The number of aliphatic hydroxyl groups is 1. The third-order valence-corrected chi connectivity index (χ3v) is 3.96. The number of hydrogen-bond acceptors (Lipinski definition) is 3. The lowest BCUT2D eigenvalue weighted by Crippen LogP contribution is -2.15. The van der Waals surface area contributed by atoms with Gasteiger partial charge in [0.2, 0.25) is 0 Å². The Balaban J connectivity index is 2.39. The SMILES string of the molecule is CCC(C)(C)c1ccc2nc(C(N)CCO)[nH]c2c1. The van der Waals surface area contributed by atoms with Gasteiger partial charge in [0.25, 0.3) is 0 Å². The first-order valence-corrected chi connectivity index (χ1v) is 6.84. The van der Waals surface area contributed by atoms with E-state index >= 15 is 0 Å². The van der Waals surface area contributed by atoms with Crippen molar-refractivity contribution in [2.75, 3.05) is 6.61 Å². The summed E-state index contributed by atoms with van der Waals surface area (Å²) in [7, 11) is 0. The van der Waals surface area contributed by atoms with Crippen molar-refractivity contribution in [1.29, 1.82) is 0 Å². The van der Waals surface area contributed by atoms with Crippen LogP contribution in [-0.4, -0.2) is 21.7 Å². The molecule has 1 aromatic carbocycles. The predicted molar refractivity (Wildman–Crippen MR) is 78.0 cm³/mol. The standard InChI is InChI=1S/C15H23N3O/c1-4-15(2,3)10-5-6-12-13(9-10)18-14(17-12)11(16)7-8-19/h5-6,9,11,19H,4,7-8,16H2,1-3H3,(H,17,18). The maximum absolute atomic E-state index is 8.93. The number of nitrogens with zero attached hydrogens (tertiary/aromatic N) is 1. The molecule has 19 heavy (non-hydrogen) atoms. The smallest absolute Gasteiger partial charge is 0.124 e. The molecular formula is C15H23N3O. The summed E-state index contributed by atoms with van der Waals surface area (Å²) in [5.41, 5.74) is 9.37. The van der Waals surface area contributed by atoms with E-state index < -0.39 is 0 Å². The average Bonchev–Trinajstić information content (AvgIpc) is 2.81. The van der Waals surface area contributed by atoms with E-state index in [0.717, 1.165) is 23.3 Å². The van der Waals surface area contributed by atoms with Gasteiger partial charge in [-0.05, 0) is 36.0 Å². The third kappa shape index (κ3) is 2.80. The van der Waals surface area contributed by atoms with E-state index in [2.05, 4.69) is 42.9 Å². The third-order valence-electron chi connectivity index (χ3n) is 3.96. The Bertz CT molecular complexity index is 560. The summed E-state index contributed by atoms with van der Waals surface area (Å²) in [6, 6.07) is 6.09. The van der Waals surface area contributed by atoms with Gasteiger partial charge in [0.05, 0.1) is 17.1 Å². The van der Waals surface area contributed by atoms with Gasteiger partial charge in [0, 0.05) is 6.61 Å². The van der Waals surface area contributed by atoms with Crippen LogP contribution in [0.15, 0.2) is 18.2 Å². The van der Waals surface area contributed by atoms with E-state index in [4.69, 9.17) is 10.8 Å². The maximum atomic E-state index is 8.93. The summed E-state index contributed by atoms with van der Waals surface area (Å²) < 4.78 is 0. The first-order chi connectivity index (χ1) is 8.97. The van der Waals surface area contributed by atoms with Gasteiger partial charge in [-0.25, -0.2) is 4.98 Å². The molecule has 4 N–H and O–H groups in total. The highest BCUT2D eigenvalue weighted by molar-refractivity contribution is 5.76. The quantitative estimate of drug-likeness (QED) is 0.774. The Morgan fingerprint density at radius 3 is 2.79 bits per heavy atom. The first kappa shape index (κ1) is 14.0. The summed E-state index contributed by atoms with van der Waals surface area (Å²) >= 11 is 0. The van der Waals surface area contributed by atoms with Crippen LogP contribution >= 0.6 is 0 Å². The van der Waals surface area contributed by atoms with Gasteiger partial charge in [-0.2, -0.15) is 0 Å². The molecule has 2 aromatic rings. The van der Waals surface area contributed by atoms with Gasteiger partial charge in [-0.15, -0.1) is 0 Å². The number of aromatic nitrogens is 2. The van der Waals surface area contributed by atoms with Crippen LogP contribution in [0.1, 0.15) is 51.0 Å². The van der Waals surface area contributed by atoms with Gasteiger partial charge >= 0.3 is 0 Å². The molecule has 0 aliphatic carbocycles. The van der Waals surface area contributed by atoms with Crippen LogP contribution in [0.3, 0.4) is 0 Å². The largest absolute Gasteiger partial charge is 0.396 e. The number of hydrogen-bond donors (Lipinski definition) is 3. The van der Waals surface area contributed by atoms with E-state index in [1.165, 1.54) is 5.56 Å². The molecule has 0 aliphatic heterocycles. The molecule has 1 heterocycles. The van der Waals surface area contributed by atoms with Gasteiger partial charge in [0.1, 0.15) is 5.82 Å². The lowest BCUT2D eigenvalue weighted by atomic mass is 9.82. The molecule has 0 fully saturated rings. The number of rotatable bonds is 5. The number of nitrogens with one attached hydrogen (secondary N) is 1. The first-order valence-electron chi connectivity index (χ1n) is 6.84. The van der Waals surface area contributed by atoms with E-state index in [1.807, 2.05) is 6.07 Å². The van der Waals surface area contributed by atoms with Crippen LogP contribution in [-0.2, 0) is 5.41 Å². The lowest BCUT2D eigenvalue weighted by Gasteiger charge is -2.23. The normalized spacial score (nSPS) is 13.9. The van der Waals surface area contributed by atoms with E-state index in [9.17, 15) is 0 Å². The van der Waals surface area contributed by atoms with Crippen LogP contribution < -0.4 is 5.73 Å². The van der Waals surface area contributed by atoms with Gasteiger partial charge < -0.3 is 15.8 Å². The number of fused-ring (bicyclic) bond motifs is 1. The monoisotopic (exact) mass is 261 g/mol. The fourth-order valence-electron chi connectivity index (χ4n) is 2.11. The zero-order valence-corrected chi connectivity index (χ0v) is 11.9. The van der Waals surface area contributed by atoms with Crippen molar-refractivity contribution >= 4 is 11.0 Å². The van der Waals surface area contributed by atoms with Crippen LogP contribution in [0.2, 0.25) is 0 Å². The summed E-state index contributed by atoms with van der Waals surface area (Å²) in [6.45, 7) is 6.75. The number of nitrogens with two attached hydrogens (primary N) is 1. The predicted octanol–water partition coefficient (Wildman–Crippen LogP) is 2.63.